The Hall–Kier alpha value is -3.21. The Balaban J connectivity index is 1.39. The van der Waals surface area contributed by atoms with E-state index in [1.165, 1.54) is 12.1 Å². The fraction of sp³-hybridized carbons (Fsp3) is 0.500. The molecule has 3 heterocycles. The standard InChI is InChI=1S/C26H39N9O/c27-10-1-2-13-34-14-3-5-20(17-34)23-15-21-18-35(26(36)33-24(21)32-23)22-8-6-19(7-9-22)16-30-11-4-12-31-25(28)29/h6-9,15,18,20,30H,1-5,10-14,16-17,27H2,(H4,28,29,31)(H,32,33,36). The summed E-state index contributed by atoms with van der Waals surface area (Å²) >= 11 is 0. The van der Waals surface area contributed by atoms with Gasteiger partial charge < -0.3 is 32.4 Å². The number of nitrogens with one attached hydrogen (secondary N) is 2. The number of unbranched alkanes of at least 4 members (excludes halogenated alkanes) is 1. The molecule has 0 amide bonds. The number of hydrogen-bond acceptors (Lipinski definition) is 6. The van der Waals surface area contributed by atoms with Gasteiger partial charge in [-0.1, -0.05) is 12.1 Å². The lowest BCUT2D eigenvalue weighted by atomic mass is 9.94. The van der Waals surface area contributed by atoms with Crippen LogP contribution in [0.2, 0.25) is 0 Å². The zero-order valence-electron chi connectivity index (χ0n) is 21.0. The second kappa shape index (κ2) is 12.7. The van der Waals surface area contributed by atoms with Crippen LogP contribution in [0.4, 0.5) is 0 Å². The zero-order chi connectivity index (χ0) is 25.3. The minimum atomic E-state index is -0.284. The van der Waals surface area contributed by atoms with Crippen molar-refractivity contribution < 1.29 is 0 Å². The van der Waals surface area contributed by atoms with Gasteiger partial charge in [-0.2, -0.15) is 4.98 Å². The third-order valence-corrected chi connectivity index (χ3v) is 6.75. The number of likely N-dealkylation sites (tertiary alicyclic amines) is 1. The van der Waals surface area contributed by atoms with Crippen molar-refractivity contribution in [2.24, 2.45) is 22.2 Å². The molecule has 1 fully saturated rings. The van der Waals surface area contributed by atoms with Crippen LogP contribution in [0.5, 0.6) is 0 Å². The van der Waals surface area contributed by atoms with E-state index in [9.17, 15) is 4.79 Å². The molecule has 3 aromatic rings. The van der Waals surface area contributed by atoms with Crippen molar-refractivity contribution in [2.75, 3.05) is 39.3 Å². The molecule has 1 saturated heterocycles. The van der Waals surface area contributed by atoms with E-state index in [0.29, 0.717) is 18.1 Å². The maximum absolute atomic E-state index is 12.8. The van der Waals surface area contributed by atoms with Crippen molar-refractivity contribution >= 4 is 17.0 Å². The van der Waals surface area contributed by atoms with Gasteiger partial charge in [0.1, 0.15) is 5.65 Å². The van der Waals surface area contributed by atoms with E-state index >= 15 is 0 Å². The Labute approximate surface area is 212 Å². The molecular formula is C26H39N9O. The van der Waals surface area contributed by atoms with Crippen LogP contribution in [0.1, 0.15) is 49.3 Å². The number of aromatic nitrogens is 3. The van der Waals surface area contributed by atoms with Crippen LogP contribution in [0.3, 0.4) is 0 Å². The molecule has 1 atom stereocenters. The summed E-state index contributed by atoms with van der Waals surface area (Å²) in [6.45, 7) is 6.20. The monoisotopic (exact) mass is 493 g/mol. The first-order chi connectivity index (χ1) is 17.5. The normalized spacial score (nSPS) is 16.4. The molecule has 0 saturated carbocycles. The Morgan fingerprint density at radius 3 is 2.81 bits per heavy atom. The summed E-state index contributed by atoms with van der Waals surface area (Å²) in [5.74, 6) is 0.555. The van der Waals surface area contributed by atoms with Gasteiger partial charge in [0.05, 0.1) is 5.69 Å². The number of rotatable bonds is 12. The van der Waals surface area contributed by atoms with E-state index in [1.807, 2.05) is 30.5 Å². The molecule has 0 spiro atoms. The average Bonchev–Trinajstić information content (AvgIpc) is 3.29. The summed E-state index contributed by atoms with van der Waals surface area (Å²) in [6, 6.07) is 10.1. The molecule has 0 bridgehead atoms. The molecule has 1 aliphatic rings. The van der Waals surface area contributed by atoms with E-state index in [-0.39, 0.29) is 11.6 Å². The van der Waals surface area contributed by atoms with E-state index in [4.69, 9.17) is 17.2 Å². The minimum Gasteiger partial charge on any atom is -0.370 e. The largest absolute Gasteiger partial charge is 0.370 e. The number of nitrogens with zero attached hydrogens (tertiary/aromatic N) is 4. The van der Waals surface area contributed by atoms with Crippen LogP contribution in [0.25, 0.3) is 16.7 Å². The topological polar surface area (TPSA) is 156 Å². The third-order valence-electron chi connectivity index (χ3n) is 6.75. The second-order valence-electron chi connectivity index (χ2n) is 9.56. The highest BCUT2D eigenvalue weighted by Gasteiger charge is 2.23. The van der Waals surface area contributed by atoms with Gasteiger partial charge in [0.2, 0.25) is 0 Å². The van der Waals surface area contributed by atoms with Gasteiger partial charge in [-0.05, 0) is 82.0 Å². The number of nitrogens with two attached hydrogens (primary N) is 3. The number of guanidine groups is 1. The summed E-state index contributed by atoms with van der Waals surface area (Å²) in [5, 5.41) is 4.33. The predicted molar refractivity (Wildman–Crippen MR) is 145 cm³/mol. The van der Waals surface area contributed by atoms with E-state index in [1.54, 1.807) is 4.57 Å². The summed E-state index contributed by atoms with van der Waals surface area (Å²) in [6.07, 6.45) is 7.30. The molecule has 4 rings (SSSR count). The first-order valence-electron chi connectivity index (χ1n) is 12.9. The highest BCUT2D eigenvalue weighted by Crippen LogP contribution is 2.28. The van der Waals surface area contributed by atoms with Gasteiger partial charge in [0.15, 0.2) is 5.96 Å². The summed E-state index contributed by atoms with van der Waals surface area (Å²) < 4.78 is 1.62. The summed E-state index contributed by atoms with van der Waals surface area (Å²) in [7, 11) is 0. The van der Waals surface area contributed by atoms with Gasteiger partial charge >= 0.3 is 5.69 Å². The number of fused-ring (bicyclic) bond motifs is 1. The molecule has 0 aliphatic carbocycles. The van der Waals surface area contributed by atoms with Crippen LogP contribution in [-0.2, 0) is 6.54 Å². The number of aromatic amines is 1. The molecule has 194 valence electrons. The molecule has 36 heavy (non-hydrogen) atoms. The molecule has 10 nitrogen and oxygen atoms in total. The van der Waals surface area contributed by atoms with E-state index in [0.717, 1.165) is 81.6 Å². The van der Waals surface area contributed by atoms with Crippen molar-refractivity contribution in [3.8, 4) is 5.69 Å². The highest BCUT2D eigenvalue weighted by molar-refractivity contribution is 5.76. The first-order valence-corrected chi connectivity index (χ1v) is 12.9. The number of benzene rings is 1. The zero-order valence-corrected chi connectivity index (χ0v) is 21.0. The fourth-order valence-corrected chi connectivity index (χ4v) is 4.83. The van der Waals surface area contributed by atoms with Crippen LogP contribution in [0, 0.1) is 0 Å². The quantitative estimate of drug-likeness (QED) is 0.145. The van der Waals surface area contributed by atoms with Crippen LogP contribution >= 0.6 is 0 Å². The Bertz CT molecular complexity index is 1190. The molecule has 8 N–H and O–H groups in total. The molecule has 10 heteroatoms. The van der Waals surface area contributed by atoms with Gasteiger partial charge in [0, 0.05) is 42.8 Å². The van der Waals surface area contributed by atoms with Gasteiger partial charge in [-0.3, -0.25) is 9.56 Å². The Morgan fingerprint density at radius 2 is 2.03 bits per heavy atom. The van der Waals surface area contributed by atoms with Gasteiger partial charge in [0.25, 0.3) is 0 Å². The van der Waals surface area contributed by atoms with Crippen molar-refractivity contribution in [2.45, 2.75) is 44.6 Å². The van der Waals surface area contributed by atoms with Gasteiger partial charge in [-0.25, -0.2) is 4.79 Å². The summed E-state index contributed by atoms with van der Waals surface area (Å²) in [5.41, 5.74) is 19.8. The number of H-pyrrole nitrogens is 1. The second-order valence-corrected chi connectivity index (χ2v) is 9.56. The lowest BCUT2D eigenvalue weighted by Gasteiger charge is -2.32. The third kappa shape index (κ3) is 6.93. The van der Waals surface area contributed by atoms with Crippen LogP contribution in [-0.4, -0.2) is 64.7 Å². The maximum Gasteiger partial charge on any atom is 0.354 e. The molecule has 1 aromatic carbocycles. The fourth-order valence-electron chi connectivity index (χ4n) is 4.83. The lowest BCUT2D eigenvalue weighted by molar-refractivity contribution is 0.203. The van der Waals surface area contributed by atoms with Crippen molar-refractivity contribution in [3.63, 3.8) is 0 Å². The van der Waals surface area contributed by atoms with Gasteiger partial charge in [-0.15, -0.1) is 0 Å². The van der Waals surface area contributed by atoms with E-state index in [2.05, 4.69) is 31.2 Å². The minimum absolute atomic E-state index is 0.124. The van der Waals surface area contributed by atoms with Crippen LogP contribution < -0.4 is 28.2 Å². The Morgan fingerprint density at radius 1 is 1.19 bits per heavy atom. The maximum atomic E-state index is 12.8. The molecule has 2 aromatic heterocycles. The highest BCUT2D eigenvalue weighted by atomic mass is 16.1. The smallest absolute Gasteiger partial charge is 0.354 e. The van der Waals surface area contributed by atoms with Crippen LogP contribution in [0.15, 0.2) is 46.3 Å². The SMILES string of the molecule is NCCCCN1CCCC(c2cc3cn(-c4ccc(CNCCCN=C(N)N)cc4)c(=O)nc3[nH]2)C1. The Kier molecular flexibility index (Phi) is 9.10. The molecular weight excluding hydrogens is 454 g/mol. The number of hydrogen-bond donors (Lipinski definition) is 5. The lowest BCUT2D eigenvalue weighted by Crippen LogP contribution is -2.35. The predicted octanol–water partition coefficient (Wildman–Crippen LogP) is 1.39. The van der Waals surface area contributed by atoms with Crippen molar-refractivity contribution in [1.29, 1.82) is 0 Å². The molecule has 1 aliphatic heterocycles. The molecule has 0 radical (unpaired) electrons. The van der Waals surface area contributed by atoms with Crippen molar-refractivity contribution in [3.05, 3.63) is 58.3 Å². The van der Waals surface area contributed by atoms with Crippen molar-refractivity contribution in [1.82, 2.24) is 24.8 Å². The van der Waals surface area contributed by atoms with E-state index < -0.39 is 0 Å². The first kappa shape index (κ1) is 25.9. The number of piperidine rings is 1. The molecule has 1 unspecified atom stereocenters. The average molecular weight is 494 g/mol. The summed E-state index contributed by atoms with van der Waals surface area (Å²) in [4.78, 5) is 27.1. The number of aliphatic imine (C=N–C) groups is 1.